The summed E-state index contributed by atoms with van der Waals surface area (Å²) in [7, 11) is 0. The monoisotopic (exact) mass is 674 g/mol. The number of benzene rings is 5. The van der Waals surface area contributed by atoms with Crippen LogP contribution in [-0.2, 0) is 5.54 Å². The first-order chi connectivity index (χ1) is 24.6. The summed E-state index contributed by atoms with van der Waals surface area (Å²) in [6, 6.07) is 40.0. The van der Waals surface area contributed by atoms with Gasteiger partial charge >= 0.3 is 0 Å². The van der Waals surface area contributed by atoms with Crippen molar-refractivity contribution in [2.24, 2.45) is 0 Å². The van der Waals surface area contributed by atoms with Crippen molar-refractivity contribution >= 4 is 22.2 Å². The van der Waals surface area contributed by atoms with E-state index in [2.05, 4.69) is 56.6 Å². The zero-order valence-corrected chi connectivity index (χ0v) is 27.4. The Morgan fingerprint density at radius 2 is 1.32 bits per heavy atom. The van der Waals surface area contributed by atoms with Crippen LogP contribution in [-0.4, -0.2) is 29.9 Å². The number of halogens is 2. The molecule has 8 aromatic rings. The van der Waals surface area contributed by atoms with Gasteiger partial charge in [0, 0.05) is 34.7 Å². The SMILES string of the molecule is Fc1ccc(-c2nn(C(c3ccccc3)(c3ccccc3)c3ccccc3)cc2-c2ccc3ncnc(-c4nnc(C5CC5)s4)c3c2)c(F)c1. The third kappa shape index (κ3) is 5.09. The van der Waals surface area contributed by atoms with Gasteiger partial charge in [0.25, 0.3) is 0 Å². The van der Waals surface area contributed by atoms with Gasteiger partial charge in [-0.1, -0.05) is 108 Å². The van der Waals surface area contributed by atoms with E-state index in [1.807, 2.05) is 83.7 Å². The minimum atomic E-state index is -0.954. The predicted molar refractivity (Wildman–Crippen MR) is 192 cm³/mol. The van der Waals surface area contributed by atoms with Gasteiger partial charge in [0.05, 0.1) is 5.52 Å². The van der Waals surface area contributed by atoms with Crippen molar-refractivity contribution in [3.8, 4) is 33.1 Å². The van der Waals surface area contributed by atoms with Gasteiger partial charge in [0.2, 0.25) is 0 Å². The number of rotatable bonds is 8. The first-order valence-corrected chi connectivity index (χ1v) is 17.2. The molecular formula is C41H28F2N6S. The molecule has 5 aromatic carbocycles. The molecule has 0 spiro atoms. The van der Waals surface area contributed by atoms with Crippen LogP contribution in [0.2, 0.25) is 0 Å². The Morgan fingerprint density at radius 3 is 1.94 bits per heavy atom. The molecule has 6 nitrogen and oxygen atoms in total. The number of fused-ring (bicyclic) bond motifs is 1. The Labute approximate surface area is 290 Å². The highest BCUT2D eigenvalue weighted by Crippen LogP contribution is 2.45. The molecule has 1 fully saturated rings. The maximum atomic E-state index is 15.8. The summed E-state index contributed by atoms with van der Waals surface area (Å²) < 4.78 is 32.0. The fourth-order valence-electron chi connectivity index (χ4n) is 6.79. The van der Waals surface area contributed by atoms with E-state index >= 15 is 4.39 Å². The smallest absolute Gasteiger partial charge is 0.167 e. The summed E-state index contributed by atoms with van der Waals surface area (Å²) in [5.74, 6) is -0.884. The van der Waals surface area contributed by atoms with E-state index in [0.29, 0.717) is 22.9 Å². The van der Waals surface area contributed by atoms with Gasteiger partial charge in [-0.3, -0.25) is 4.68 Å². The molecule has 1 aliphatic rings. The summed E-state index contributed by atoms with van der Waals surface area (Å²) in [6.07, 6.45) is 5.77. The average Bonchev–Trinajstić information content (AvgIpc) is 3.73. The van der Waals surface area contributed by atoms with Crippen LogP contribution in [0.25, 0.3) is 44.0 Å². The Morgan fingerprint density at radius 1 is 0.660 bits per heavy atom. The molecule has 0 bridgehead atoms. The second kappa shape index (κ2) is 12.2. The molecule has 0 saturated heterocycles. The van der Waals surface area contributed by atoms with Crippen LogP contribution in [0.3, 0.4) is 0 Å². The number of aromatic nitrogens is 6. The van der Waals surface area contributed by atoms with Gasteiger partial charge in [-0.15, -0.1) is 10.2 Å². The first-order valence-electron chi connectivity index (χ1n) is 16.4. The molecule has 0 radical (unpaired) electrons. The largest absolute Gasteiger partial charge is 0.252 e. The minimum absolute atomic E-state index is 0.186. The number of nitrogens with zero attached hydrogens (tertiary/aromatic N) is 6. The van der Waals surface area contributed by atoms with Crippen molar-refractivity contribution in [2.75, 3.05) is 0 Å². The minimum Gasteiger partial charge on any atom is -0.252 e. The van der Waals surface area contributed by atoms with E-state index in [4.69, 9.17) is 5.10 Å². The van der Waals surface area contributed by atoms with E-state index < -0.39 is 17.2 Å². The molecule has 0 N–H and O–H groups in total. The lowest BCUT2D eigenvalue weighted by atomic mass is 9.77. The average molecular weight is 675 g/mol. The summed E-state index contributed by atoms with van der Waals surface area (Å²) in [4.78, 5) is 9.19. The molecule has 1 aliphatic carbocycles. The quantitative estimate of drug-likeness (QED) is 0.150. The maximum Gasteiger partial charge on any atom is 0.167 e. The molecule has 3 aromatic heterocycles. The molecule has 9 heteroatoms. The van der Waals surface area contributed by atoms with Crippen LogP contribution in [0.5, 0.6) is 0 Å². The predicted octanol–water partition coefficient (Wildman–Crippen LogP) is 9.67. The van der Waals surface area contributed by atoms with Gasteiger partial charge < -0.3 is 0 Å². The molecule has 3 heterocycles. The van der Waals surface area contributed by atoms with Gasteiger partial charge in [0.1, 0.15) is 39.9 Å². The number of hydrogen-bond acceptors (Lipinski definition) is 6. The summed E-state index contributed by atoms with van der Waals surface area (Å²) in [6.45, 7) is 0. The molecule has 9 rings (SSSR count). The lowest BCUT2D eigenvalue weighted by Crippen LogP contribution is -2.38. The topological polar surface area (TPSA) is 69.4 Å². The second-order valence-electron chi connectivity index (χ2n) is 12.4. The van der Waals surface area contributed by atoms with E-state index in [9.17, 15) is 4.39 Å². The molecule has 1 saturated carbocycles. The van der Waals surface area contributed by atoms with E-state index in [-0.39, 0.29) is 5.56 Å². The van der Waals surface area contributed by atoms with Crippen LogP contribution in [0.1, 0.15) is 40.5 Å². The van der Waals surface area contributed by atoms with Crippen molar-refractivity contribution in [1.29, 1.82) is 0 Å². The normalized spacial score (nSPS) is 13.2. The molecule has 0 atom stereocenters. The zero-order valence-electron chi connectivity index (χ0n) is 26.6. The van der Waals surface area contributed by atoms with Gasteiger partial charge in [-0.25, -0.2) is 18.7 Å². The Balaban J connectivity index is 1.33. The zero-order chi connectivity index (χ0) is 33.7. The van der Waals surface area contributed by atoms with Crippen LogP contribution in [0.15, 0.2) is 140 Å². The lowest BCUT2D eigenvalue weighted by Gasteiger charge is -2.36. The molecule has 242 valence electrons. The highest BCUT2D eigenvalue weighted by Gasteiger charge is 2.40. The van der Waals surface area contributed by atoms with Gasteiger partial charge in [-0.2, -0.15) is 5.10 Å². The van der Waals surface area contributed by atoms with Crippen molar-refractivity contribution < 1.29 is 8.78 Å². The fourth-order valence-corrected chi connectivity index (χ4v) is 7.82. The fraction of sp³-hybridized carbons (Fsp3) is 0.0976. The molecule has 0 unspecified atom stereocenters. The standard InChI is InChI=1S/C41H28F2N6S/c42-31-19-20-32(35(43)23-31)37-34(27-18-21-36-33(22-27)38(45-25-44-36)40-47-46-39(50-40)26-16-17-26)24-49(48-37)41(28-10-4-1-5-11-28,29-12-6-2-7-13-29)30-14-8-3-9-15-30/h1-15,18-26H,16-17H2. The molecule has 0 aliphatic heterocycles. The first kappa shape index (κ1) is 30.2. The van der Waals surface area contributed by atoms with Crippen molar-refractivity contribution in [2.45, 2.75) is 24.3 Å². The summed E-state index contributed by atoms with van der Waals surface area (Å²) in [5.41, 5.74) is 5.38. The third-order valence-electron chi connectivity index (χ3n) is 9.33. The summed E-state index contributed by atoms with van der Waals surface area (Å²) in [5, 5.41) is 16.7. The van der Waals surface area contributed by atoms with Crippen LogP contribution in [0, 0.1) is 11.6 Å². The Bertz CT molecular complexity index is 2380. The van der Waals surface area contributed by atoms with E-state index in [1.54, 1.807) is 17.7 Å². The maximum absolute atomic E-state index is 15.8. The highest BCUT2D eigenvalue weighted by molar-refractivity contribution is 7.14. The molecule has 0 amide bonds. The van der Waals surface area contributed by atoms with E-state index in [0.717, 1.165) is 62.1 Å². The molecule has 50 heavy (non-hydrogen) atoms. The Hall–Kier alpha value is -5.93. The van der Waals surface area contributed by atoms with Crippen molar-refractivity contribution in [3.63, 3.8) is 0 Å². The van der Waals surface area contributed by atoms with Crippen LogP contribution in [0.4, 0.5) is 8.78 Å². The lowest BCUT2D eigenvalue weighted by molar-refractivity contribution is 0.461. The van der Waals surface area contributed by atoms with Crippen molar-refractivity contribution in [3.05, 3.63) is 173 Å². The van der Waals surface area contributed by atoms with Crippen LogP contribution >= 0.6 is 11.3 Å². The second-order valence-corrected chi connectivity index (χ2v) is 13.5. The van der Waals surface area contributed by atoms with Gasteiger partial charge in [0.15, 0.2) is 5.01 Å². The van der Waals surface area contributed by atoms with Crippen LogP contribution < -0.4 is 0 Å². The molecular weight excluding hydrogens is 647 g/mol. The summed E-state index contributed by atoms with van der Waals surface area (Å²) >= 11 is 1.56. The highest BCUT2D eigenvalue weighted by atomic mass is 32.1. The van der Waals surface area contributed by atoms with E-state index in [1.165, 1.54) is 12.1 Å². The third-order valence-corrected chi connectivity index (χ3v) is 10.4. The van der Waals surface area contributed by atoms with Gasteiger partial charge in [-0.05, 0) is 59.4 Å². The van der Waals surface area contributed by atoms with Crippen molar-refractivity contribution in [1.82, 2.24) is 29.9 Å². The Kier molecular flexibility index (Phi) is 7.35. The number of hydrogen-bond donors (Lipinski definition) is 0.